The summed E-state index contributed by atoms with van der Waals surface area (Å²) in [7, 11) is 0. The molecule has 4 heteroatoms. The molecular formula is C14H23NO3. The number of aliphatic carboxylic acids is 1. The molecule has 2 aliphatic carbocycles. The van der Waals surface area contributed by atoms with E-state index in [9.17, 15) is 9.59 Å². The topological polar surface area (TPSA) is 66.4 Å². The van der Waals surface area contributed by atoms with Crippen molar-refractivity contribution >= 4 is 11.9 Å². The van der Waals surface area contributed by atoms with Crippen LogP contribution in [0.5, 0.6) is 0 Å². The molecule has 0 unspecified atom stereocenters. The van der Waals surface area contributed by atoms with Gasteiger partial charge in [-0.25, -0.2) is 0 Å². The van der Waals surface area contributed by atoms with Crippen LogP contribution in [0, 0.1) is 10.8 Å². The van der Waals surface area contributed by atoms with Crippen LogP contribution in [0.2, 0.25) is 0 Å². The molecule has 2 N–H and O–H groups in total. The Morgan fingerprint density at radius 3 is 2.06 bits per heavy atom. The maximum absolute atomic E-state index is 11.9. The van der Waals surface area contributed by atoms with E-state index >= 15 is 0 Å². The number of hydrogen-bond donors (Lipinski definition) is 2. The predicted octanol–water partition coefficient (Wildman–Crippen LogP) is 2.33. The van der Waals surface area contributed by atoms with Crippen molar-refractivity contribution in [2.45, 2.75) is 58.3 Å². The summed E-state index contributed by atoms with van der Waals surface area (Å²) in [5, 5.41) is 11.9. The number of carboxylic acid groups (broad SMARTS) is 1. The number of carboxylic acids is 1. The van der Waals surface area contributed by atoms with E-state index in [1.165, 1.54) is 25.7 Å². The third-order valence-electron chi connectivity index (χ3n) is 4.58. The maximum atomic E-state index is 11.9. The lowest BCUT2D eigenvalue weighted by Gasteiger charge is -2.29. The fraction of sp³-hybridized carbons (Fsp3) is 0.857. The minimum absolute atomic E-state index is 0.154. The summed E-state index contributed by atoms with van der Waals surface area (Å²) >= 11 is 0. The first-order valence-electron chi connectivity index (χ1n) is 7.00. The van der Waals surface area contributed by atoms with Gasteiger partial charge in [-0.2, -0.15) is 0 Å². The lowest BCUT2D eigenvalue weighted by Crippen LogP contribution is -2.42. The van der Waals surface area contributed by atoms with Gasteiger partial charge in [0, 0.05) is 6.54 Å². The molecule has 0 bridgehead atoms. The number of nitrogens with one attached hydrogen (secondary N) is 1. The second kappa shape index (κ2) is 4.90. The zero-order valence-corrected chi connectivity index (χ0v) is 11.1. The Bertz CT molecular complexity index is 339. The molecule has 0 saturated heterocycles. The van der Waals surface area contributed by atoms with Crippen molar-refractivity contribution in [1.29, 1.82) is 0 Å². The van der Waals surface area contributed by atoms with Crippen LogP contribution < -0.4 is 5.32 Å². The van der Waals surface area contributed by atoms with E-state index in [0.29, 0.717) is 19.4 Å². The first-order valence-corrected chi connectivity index (χ1v) is 7.00. The van der Waals surface area contributed by atoms with Crippen molar-refractivity contribution in [2.24, 2.45) is 10.8 Å². The number of carbonyl (C=O) groups excluding carboxylic acids is 1. The Morgan fingerprint density at radius 2 is 1.61 bits per heavy atom. The van der Waals surface area contributed by atoms with E-state index in [2.05, 4.69) is 12.2 Å². The Labute approximate surface area is 108 Å². The summed E-state index contributed by atoms with van der Waals surface area (Å²) < 4.78 is 0. The average Bonchev–Trinajstić information content (AvgIpc) is 3.11. The summed E-state index contributed by atoms with van der Waals surface area (Å²) in [6, 6.07) is 0. The predicted molar refractivity (Wildman–Crippen MR) is 68.1 cm³/mol. The highest BCUT2D eigenvalue weighted by atomic mass is 16.4. The Morgan fingerprint density at radius 1 is 1.06 bits per heavy atom. The Balaban J connectivity index is 1.87. The number of hydrogen-bond acceptors (Lipinski definition) is 2. The molecule has 2 fully saturated rings. The van der Waals surface area contributed by atoms with Gasteiger partial charge in [-0.05, 0) is 31.1 Å². The van der Waals surface area contributed by atoms with Crippen molar-refractivity contribution < 1.29 is 14.7 Å². The second-order valence-electron chi connectivity index (χ2n) is 6.29. The molecule has 102 valence electrons. The monoisotopic (exact) mass is 253 g/mol. The van der Waals surface area contributed by atoms with Gasteiger partial charge in [0.1, 0.15) is 5.41 Å². The highest BCUT2D eigenvalue weighted by Gasteiger charge is 2.57. The standard InChI is InChI=1S/C14H23NO3/c1-13(6-4-2-3-5-7-13)10-15-11(16)14(8-9-14)12(17)18/h2-10H2,1H3,(H,15,16)(H,17,18). The molecule has 0 spiro atoms. The van der Waals surface area contributed by atoms with E-state index in [4.69, 9.17) is 5.11 Å². The van der Waals surface area contributed by atoms with E-state index in [1.807, 2.05) is 0 Å². The number of amides is 1. The zero-order valence-electron chi connectivity index (χ0n) is 11.1. The van der Waals surface area contributed by atoms with Crippen molar-refractivity contribution in [3.8, 4) is 0 Å². The molecule has 0 atom stereocenters. The van der Waals surface area contributed by atoms with Crippen LogP contribution in [0.4, 0.5) is 0 Å². The largest absolute Gasteiger partial charge is 0.480 e. The maximum Gasteiger partial charge on any atom is 0.319 e. The highest BCUT2D eigenvalue weighted by Crippen LogP contribution is 2.46. The Hall–Kier alpha value is -1.06. The van der Waals surface area contributed by atoms with Crippen LogP contribution in [0.1, 0.15) is 58.3 Å². The quantitative estimate of drug-likeness (QED) is 0.597. The average molecular weight is 253 g/mol. The van der Waals surface area contributed by atoms with Gasteiger partial charge in [-0.15, -0.1) is 0 Å². The van der Waals surface area contributed by atoms with Gasteiger partial charge >= 0.3 is 5.97 Å². The van der Waals surface area contributed by atoms with Gasteiger partial charge in [0.25, 0.3) is 0 Å². The van der Waals surface area contributed by atoms with Crippen molar-refractivity contribution in [2.75, 3.05) is 6.54 Å². The zero-order chi connectivity index (χ0) is 13.2. The summed E-state index contributed by atoms with van der Waals surface area (Å²) in [5.41, 5.74) is -0.943. The van der Waals surface area contributed by atoms with Crippen LogP contribution >= 0.6 is 0 Å². The molecule has 0 heterocycles. The fourth-order valence-corrected chi connectivity index (χ4v) is 2.88. The van der Waals surface area contributed by atoms with E-state index < -0.39 is 11.4 Å². The summed E-state index contributed by atoms with van der Waals surface area (Å²) in [4.78, 5) is 23.0. The first kappa shape index (κ1) is 13.4. The van der Waals surface area contributed by atoms with Crippen LogP contribution in [-0.4, -0.2) is 23.5 Å². The smallest absolute Gasteiger partial charge is 0.319 e. The van der Waals surface area contributed by atoms with Gasteiger partial charge in [-0.3, -0.25) is 9.59 Å². The van der Waals surface area contributed by atoms with Crippen LogP contribution in [-0.2, 0) is 9.59 Å². The SMILES string of the molecule is CC1(CNC(=O)C2(C(=O)O)CC2)CCCCCC1. The normalized spacial score (nSPS) is 24.9. The number of rotatable bonds is 4. The van der Waals surface area contributed by atoms with Gasteiger partial charge in [-0.1, -0.05) is 32.6 Å². The molecule has 0 aromatic heterocycles. The first-order chi connectivity index (χ1) is 8.49. The molecular weight excluding hydrogens is 230 g/mol. The summed E-state index contributed by atoms with van der Waals surface area (Å²) in [5.74, 6) is -1.24. The van der Waals surface area contributed by atoms with Crippen LogP contribution in [0.15, 0.2) is 0 Å². The lowest BCUT2D eigenvalue weighted by atomic mass is 9.82. The minimum Gasteiger partial charge on any atom is -0.480 e. The van der Waals surface area contributed by atoms with E-state index in [0.717, 1.165) is 12.8 Å². The third kappa shape index (κ3) is 2.68. The minimum atomic E-state index is -1.10. The lowest BCUT2D eigenvalue weighted by molar-refractivity contribution is -0.149. The van der Waals surface area contributed by atoms with E-state index in [1.54, 1.807) is 0 Å². The van der Waals surface area contributed by atoms with Gasteiger partial charge in [0.15, 0.2) is 0 Å². The molecule has 2 rings (SSSR count). The highest BCUT2D eigenvalue weighted by molar-refractivity contribution is 6.04. The third-order valence-corrected chi connectivity index (χ3v) is 4.58. The number of carbonyl (C=O) groups is 2. The summed E-state index contributed by atoms with van der Waals surface area (Å²) in [6.45, 7) is 2.83. The van der Waals surface area contributed by atoms with Crippen molar-refractivity contribution in [3.05, 3.63) is 0 Å². The molecule has 1 amide bonds. The molecule has 2 aliphatic rings. The van der Waals surface area contributed by atoms with Crippen molar-refractivity contribution in [1.82, 2.24) is 5.32 Å². The molecule has 0 aliphatic heterocycles. The van der Waals surface area contributed by atoms with Crippen LogP contribution in [0.25, 0.3) is 0 Å². The van der Waals surface area contributed by atoms with Gasteiger partial charge in [0.2, 0.25) is 5.91 Å². The second-order valence-corrected chi connectivity index (χ2v) is 6.29. The molecule has 0 aromatic carbocycles. The molecule has 4 nitrogen and oxygen atoms in total. The molecule has 2 saturated carbocycles. The van der Waals surface area contributed by atoms with Gasteiger partial charge < -0.3 is 10.4 Å². The van der Waals surface area contributed by atoms with E-state index in [-0.39, 0.29) is 11.3 Å². The van der Waals surface area contributed by atoms with Crippen LogP contribution in [0.3, 0.4) is 0 Å². The molecule has 0 aromatic rings. The Kier molecular flexibility index (Phi) is 3.64. The fourth-order valence-electron chi connectivity index (χ4n) is 2.88. The summed E-state index contributed by atoms with van der Waals surface area (Å²) in [6.07, 6.45) is 8.24. The van der Waals surface area contributed by atoms with Crippen molar-refractivity contribution in [3.63, 3.8) is 0 Å². The van der Waals surface area contributed by atoms with Gasteiger partial charge in [0.05, 0.1) is 0 Å². The molecule has 18 heavy (non-hydrogen) atoms. The molecule has 0 radical (unpaired) electrons.